The maximum atomic E-state index is 12.2. The first kappa shape index (κ1) is 17.2. The van der Waals surface area contributed by atoms with Crippen LogP contribution < -0.4 is 5.32 Å². The molecule has 0 atom stereocenters. The van der Waals surface area contributed by atoms with Crippen LogP contribution in [0.15, 0.2) is 30.6 Å². The second-order valence-corrected chi connectivity index (χ2v) is 7.43. The van der Waals surface area contributed by atoms with Crippen LogP contribution in [-0.4, -0.2) is 39.9 Å². The number of aromatic nitrogens is 2. The molecule has 0 radical (unpaired) electrons. The van der Waals surface area contributed by atoms with E-state index in [4.69, 9.17) is 0 Å². The summed E-state index contributed by atoms with van der Waals surface area (Å²) in [6.07, 6.45) is 9.53. The molecule has 5 nitrogen and oxygen atoms in total. The molecule has 26 heavy (non-hydrogen) atoms. The summed E-state index contributed by atoms with van der Waals surface area (Å²) in [5, 5.41) is 2.97. The summed E-state index contributed by atoms with van der Waals surface area (Å²) >= 11 is 0. The Balaban J connectivity index is 1.37. The quantitative estimate of drug-likeness (QED) is 0.921. The van der Waals surface area contributed by atoms with Crippen molar-refractivity contribution in [2.45, 2.75) is 51.6 Å². The summed E-state index contributed by atoms with van der Waals surface area (Å²) in [5.74, 6) is 0.541. The second-order valence-electron chi connectivity index (χ2n) is 7.43. The lowest BCUT2D eigenvalue weighted by Gasteiger charge is -2.36. The zero-order valence-corrected chi connectivity index (χ0v) is 15.4. The Bertz CT molecular complexity index is 783. The number of rotatable bonds is 4. The van der Waals surface area contributed by atoms with Gasteiger partial charge in [0.2, 0.25) is 0 Å². The molecule has 1 aromatic heterocycles. The average Bonchev–Trinajstić information content (AvgIpc) is 2.81. The largest absolute Gasteiger partial charge is 0.348 e. The van der Waals surface area contributed by atoms with E-state index in [1.54, 1.807) is 12.4 Å². The van der Waals surface area contributed by atoms with Crippen LogP contribution in [0.25, 0.3) is 0 Å². The van der Waals surface area contributed by atoms with E-state index in [2.05, 4.69) is 38.4 Å². The van der Waals surface area contributed by atoms with Gasteiger partial charge in [-0.25, -0.2) is 9.97 Å². The van der Waals surface area contributed by atoms with Crippen molar-refractivity contribution in [3.63, 3.8) is 0 Å². The molecule has 2 heterocycles. The molecule has 0 spiro atoms. The Labute approximate surface area is 154 Å². The van der Waals surface area contributed by atoms with Crippen molar-refractivity contribution >= 4 is 5.91 Å². The molecule has 2 aromatic rings. The molecule has 1 N–H and O–H groups in total. The first-order valence-electron chi connectivity index (χ1n) is 9.60. The number of hydrogen-bond donors (Lipinski definition) is 1. The standard InChI is InChI=1S/C21H26N4O/c1-15-22-13-19(14-23-15)21(26)24-12-16-5-6-17-7-9-25(20-3-2-4-20)10-8-18(17)11-16/h5-6,11,13-14,20H,2-4,7-10,12H2,1H3,(H,24,26). The van der Waals surface area contributed by atoms with Gasteiger partial charge in [0.25, 0.3) is 5.91 Å². The number of carbonyl (C=O) groups is 1. The van der Waals surface area contributed by atoms with Crippen molar-refractivity contribution in [1.82, 2.24) is 20.2 Å². The van der Waals surface area contributed by atoms with E-state index in [9.17, 15) is 4.79 Å². The Morgan fingerprint density at radius 1 is 1.15 bits per heavy atom. The van der Waals surface area contributed by atoms with Crippen molar-refractivity contribution < 1.29 is 4.79 Å². The Morgan fingerprint density at radius 3 is 2.58 bits per heavy atom. The van der Waals surface area contributed by atoms with Gasteiger partial charge in [0.05, 0.1) is 5.56 Å². The van der Waals surface area contributed by atoms with Crippen LogP contribution in [0.5, 0.6) is 0 Å². The molecule has 1 saturated carbocycles. The molecule has 4 rings (SSSR count). The minimum atomic E-state index is -0.129. The third kappa shape index (κ3) is 3.78. The molecule has 1 aliphatic carbocycles. The summed E-state index contributed by atoms with van der Waals surface area (Å²) < 4.78 is 0. The molecular weight excluding hydrogens is 324 g/mol. The summed E-state index contributed by atoms with van der Waals surface area (Å²) in [4.78, 5) is 23.1. The van der Waals surface area contributed by atoms with Crippen LogP contribution in [0, 0.1) is 6.92 Å². The number of hydrogen-bond acceptors (Lipinski definition) is 4. The third-order valence-electron chi connectivity index (χ3n) is 5.69. The highest BCUT2D eigenvalue weighted by Crippen LogP contribution is 2.27. The van der Waals surface area contributed by atoms with Crippen LogP contribution in [0.1, 0.15) is 52.1 Å². The minimum absolute atomic E-state index is 0.129. The summed E-state index contributed by atoms with van der Waals surface area (Å²) in [5.41, 5.74) is 4.56. The van der Waals surface area contributed by atoms with Crippen LogP contribution >= 0.6 is 0 Å². The Hall–Kier alpha value is -2.27. The lowest BCUT2D eigenvalue weighted by atomic mass is 9.91. The molecule has 0 bridgehead atoms. The fraction of sp³-hybridized carbons (Fsp3) is 0.476. The fourth-order valence-electron chi connectivity index (χ4n) is 3.82. The molecule has 1 amide bonds. The molecule has 0 unspecified atom stereocenters. The lowest BCUT2D eigenvalue weighted by Crippen LogP contribution is -2.41. The van der Waals surface area contributed by atoms with Crippen molar-refractivity contribution in [3.05, 3.63) is 58.7 Å². The maximum absolute atomic E-state index is 12.2. The average molecular weight is 350 g/mol. The van der Waals surface area contributed by atoms with Gasteiger partial charge in [0.15, 0.2) is 0 Å². The number of carbonyl (C=O) groups excluding carboxylic acids is 1. The predicted octanol–water partition coefficient (Wildman–Crippen LogP) is 2.67. The van der Waals surface area contributed by atoms with Crippen molar-refractivity contribution in [1.29, 1.82) is 0 Å². The smallest absolute Gasteiger partial charge is 0.254 e. The lowest BCUT2D eigenvalue weighted by molar-refractivity contribution is 0.0950. The van der Waals surface area contributed by atoms with Gasteiger partial charge >= 0.3 is 0 Å². The monoisotopic (exact) mass is 350 g/mol. The molecular formula is C21H26N4O. The van der Waals surface area contributed by atoms with Gasteiger partial charge in [-0.15, -0.1) is 0 Å². The SMILES string of the molecule is Cc1ncc(C(=O)NCc2ccc3c(c2)CCN(C2CCC2)CC3)cn1. The van der Waals surface area contributed by atoms with Gasteiger partial charge in [-0.2, -0.15) is 0 Å². The molecule has 0 saturated heterocycles. The van der Waals surface area contributed by atoms with Crippen LogP contribution in [0.2, 0.25) is 0 Å². The Morgan fingerprint density at radius 2 is 1.88 bits per heavy atom. The first-order valence-corrected chi connectivity index (χ1v) is 9.60. The van der Waals surface area contributed by atoms with Gasteiger partial charge < -0.3 is 5.32 Å². The number of aryl methyl sites for hydroxylation is 1. The van der Waals surface area contributed by atoms with Crippen molar-refractivity contribution in [3.8, 4) is 0 Å². The number of nitrogens with zero attached hydrogens (tertiary/aromatic N) is 3. The molecule has 136 valence electrons. The normalized spacial score (nSPS) is 17.9. The first-order chi connectivity index (χ1) is 12.7. The highest BCUT2D eigenvalue weighted by Gasteiger charge is 2.26. The van der Waals surface area contributed by atoms with Gasteiger partial charge in [-0.3, -0.25) is 9.69 Å². The number of fused-ring (bicyclic) bond motifs is 1. The van der Waals surface area contributed by atoms with Crippen LogP contribution in [-0.2, 0) is 19.4 Å². The third-order valence-corrected chi connectivity index (χ3v) is 5.69. The van der Waals surface area contributed by atoms with Gasteiger partial charge in [-0.05, 0) is 49.3 Å². The van der Waals surface area contributed by atoms with Crippen LogP contribution in [0.4, 0.5) is 0 Å². The molecule has 1 aromatic carbocycles. The number of benzene rings is 1. The minimum Gasteiger partial charge on any atom is -0.348 e. The van der Waals surface area contributed by atoms with E-state index in [-0.39, 0.29) is 5.91 Å². The van der Waals surface area contributed by atoms with E-state index >= 15 is 0 Å². The van der Waals surface area contributed by atoms with Gasteiger partial charge in [-0.1, -0.05) is 24.6 Å². The zero-order valence-electron chi connectivity index (χ0n) is 15.4. The molecule has 5 heteroatoms. The van der Waals surface area contributed by atoms with E-state index in [1.165, 1.54) is 36.9 Å². The fourth-order valence-corrected chi connectivity index (χ4v) is 3.82. The Kier molecular flexibility index (Phi) is 4.98. The zero-order chi connectivity index (χ0) is 17.9. The van der Waals surface area contributed by atoms with Gasteiger partial charge in [0, 0.05) is 38.1 Å². The second kappa shape index (κ2) is 7.54. The summed E-state index contributed by atoms with van der Waals surface area (Å²) in [7, 11) is 0. The number of nitrogens with one attached hydrogen (secondary N) is 1. The predicted molar refractivity (Wildman–Crippen MR) is 101 cm³/mol. The summed E-state index contributed by atoms with van der Waals surface area (Å²) in [6.45, 7) is 4.69. The number of amides is 1. The summed E-state index contributed by atoms with van der Waals surface area (Å²) in [6, 6.07) is 7.48. The molecule has 1 fully saturated rings. The highest BCUT2D eigenvalue weighted by molar-refractivity contribution is 5.93. The van der Waals surface area contributed by atoms with E-state index in [0.717, 1.165) is 31.0 Å². The maximum Gasteiger partial charge on any atom is 0.254 e. The van der Waals surface area contributed by atoms with Crippen LogP contribution in [0.3, 0.4) is 0 Å². The van der Waals surface area contributed by atoms with Crippen molar-refractivity contribution in [2.24, 2.45) is 0 Å². The highest BCUT2D eigenvalue weighted by atomic mass is 16.1. The topological polar surface area (TPSA) is 58.1 Å². The van der Waals surface area contributed by atoms with E-state index < -0.39 is 0 Å². The van der Waals surface area contributed by atoms with E-state index in [0.29, 0.717) is 17.9 Å². The molecule has 1 aliphatic heterocycles. The van der Waals surface area contributed by atoms with E-state index in [1.807, 2.05) is 6.92 Å². The molecule has 2 aliphatic rings. The van der Waals surface area contributed by atoms with Gasteiger partial charge in [0.1, 0.15) is 5.82 Å². The van der Waals surface area contributed by atoms with Crippen molar-refractivity contribution in [2.75, 3.05) is 13.1 Å².